The highest BCUT2D eigenvalue weighted by Gasteiger charge is 2.35. The Labute approximate surface area is 251 Å². The first-order chi connectivity index (χ1) is 20.6. The maximum Gasteiger partial charge on any atom is 0.287 e. The van der Waals surface area contributed by atoms with Gasteiger partial charge in [-0.05, 0) is 73.7 Å². The van der Waals surface area contributed by atoms with E-state index in [0.29, 0.717) is 41.3 Å². The number of aromatic amines is 1. The van der Waals surface area contributed by atoms with E-state index in [1.807, 2.05) is 69.4 Å². The van der Waals surface area contributed by atoms with Crippen molar-refractivity contribution in [1.29, 1.82) is 0 Å². The van der Waals surface area contributed by atoms with Crippen molar-refractivity contribution in [3.63, 3.8) is 0 Å². The lowest BCUT2D eigenvalue weighted by Gasteiger charge is -2.28. The Morgan fingerprint density at radius 3 is 2.65 bits per heavy atom. The first kappa shape index (κ1) is 28.7. The predicted molar refractivity (Wildman–Crippen MR) is 167 cm³/mol. The minimum Gasteiger partial charge on any atom is -0.334 e. The van der Waals surface area contributed by atoms with Gasteiger partial charge in [0.05, 0.1) is 10.6 Å². The van der Waals surface area contributed by atoms with Gasteiger partial charge < -0.3 is 10.6 Å². The van der Waals surface area contributed by atoms with E-state index in [-0.39, 0.29) is 30.4 Å². The fourth-order valence-corrected chi connectivity index (χ4v) is 6.68. The van der Waals surface area contributed by atoms with Gasteiger partial charge in [0.1, 0.15) is 5.69 Å². The second-order valence-corrected chi connectivity index (χ2v) is 12.4. The smallest absolute Gasteiger partial charge is 0.287 e. The van der Waals surface area contributed by atoms with E-state index >= 15 is 0 Å². The van der Waals surface area contributed by atoms with Crippen LogP contribution in [0.15, 0.2) is 59.4 Å². The molecule has 2 aromatic carbocycles. The number of nitrogens with one attached hydrogen (secondary N) is 3. The third-order valence-electron chi connectivity index (χ3n) is 8.21. The molecule has 5 aromatic rings. The van der Waals surface area contributed by atoms with E-state index in [2.05, 4.69) is 25.9 Å². The number of aromatic nitrogens is 4. The zero-order valence-electron chi connectivity index (χ0n) is 24.1. The largest absolute Gasteiger partial charge is 0.334 e. The number of nitrogens with zero attached hydrogens (tertiary/aromatic N) is 3. The Kier molecular flexibility index (Phi) is 7.59. The molecule has 3 N–H and O–H groups in total. The number of carbonyl (C=O) groups excluding carboxylic acids is 1. The van der Waals surface area contributed by atoms with Crippen molar-refractivity contribution < 1.29 is 13.6 Å². The van der Waals surface area contributed by atoms with Crippen LogP contribution in [0.3, 0.4) is 0 Å². The summed E-state index contributed by atoms with van der Waals surface area (Å²) in [4.78, 5) is 26.5. The van der Waals surface area contributed by atoms with E-state index in [1.165, 1.54) is 11.3 Å². The van der Waals surface area contributed by atoms with Crippen LogP contribution >= 0.6 is 11.3 Å². The molecule has 3 heterocycles. The molecular weight excluding hydrogens is 570 g/mol. The van der Waals surface area contributed by atoms with Crippen molar-refractivity contribution >= 4 is 44.5 Å². The second-order valence-electron chi connectivity index (χ2n) is 11.3. The SMILES string of the molecule is Cc1ccc(-c2cc(Nc3cc(CC4CCC(F)(F)CC4)n(C)n3)c(=O)[nH]n2)c(C)c1NC(=O)c1cc2ccccc2s1. The quantitative estimate of drug-likeness (QED) is 0.181. The van der Waals surface area contributed by atoms with Gasteiger partial charge >= 0.3 is 0 Å². The number of halogens is 2. The van der Waals surface area contributed by atoms with Crippen LogP contribution in [0.25, 0.3) is 21.3 Å². The van der Waals surface area contributed by atoms with Crippen molar-refractivity contribution in [2.24, 2.45) is 13.0 Å². The number of fused-ring (bicyclic) bond motifs is 1. The predicted octanol–water partition coefficient (Wildman–Crippen LogP) is 7.37. The third kappa shape index (κ3) is 6.08. The molecule has 0 saturated heterocycles. The van der Waals surface area contributed by atoms with Crippen LogP contribution in [0, 0.1) is 19.8 Å². The van der Waals surface area contributed by atoms with Gasteiger partial charge in [-0.2, -0.15) is 10.2 Å². The summed E-state index contributed by atoms with van der Waals surface area (Å²) in [6.45, 7) is 3.84. The molecule has 222 valence electrons. The minimum absolute atomic E-state index is 0.0787. The maximum absolute atomic E-state index is 13.6. The minimum atomic E-state index is -2.56. The second kappa shape index (κ2) is 11.4. The number of anilines is 3. The summed E-state index contributed by atoms with van der Waals surface area (Å²) < 4.78 is 29.9. The van der Waals surface area contributed by atoms with E-state index in [1.54, 1.807) is 10.7 Å². The van der Waals surface area contributed by atoms with Gasteiger partial charge in [0.2, 0.25) is 5.92 Å². The molecule has 1 fully saturated rings. The Morgan fingerprint density at radius 1 is 1.12 bits per heavy atom. The number of thiophene rings is 1. The van der Waals surface area contributed by atoms with Crippen molar-refractivity contribution in [1.82, 2.24) is 20.0 Å². The standard InChI is InChI=1S/C32H32F2N6O2S/c1-18-8-9-23(19(2)29(18)36-31(42)27-15-21-6-4-5-7-26(21)43-27)24-17-25(30(41)38-37-24)35-28-16-22(40(3)39-28)14-20-10-12-32(33,34)13-11-20/h4-9,15-17,20H,10-14H2,1-3H3,(H,36,42)(H,38,41)(H,35,37,39). The molecule has 0 aliphatic heterocycles. The molecule has 1 aliphatic rings. The van der Waals surface area contributed by atoms with E-state index in [0.717, 1.165) is 32.5 Å². The van der Waals surface area contributed by atoms with Crippen LogP contribution in [0.5, 0.6) is 0 Å². The summed E-state index contributed by atoms with van der Waals surface area (Å²) in [6.07, 6.45) is 1.46. The van der Waals surface area contributed by atoms with Gasteiger partial charge in [-0.1, -0.05) is 30.3 Å². The Morgan fingerprint density at radius 2 is 1.88 bits per heavy atom. The number of carbonyl (C=O) groups is 1. The van der Waals surface area contributed by atoms with Gasteiger partial charge in [0.15, 0.2) is 5.82 Å². The zero-order valence-corrected chi connectivity index (χ0v) is 24.9. The Hall–Kier alpha value is -4.38. The average Bonchev–Trinajstić information content (AvgIpc) is 3.56. The molecule has 8 nitrogen and oxygen atoms in total. The lowest BCUT2D eigenvalue weighted by atomic mass is 9.84. The van der Waals surface area contributed by atoms with Crippen LogP contribution in [0.1, 0.15) is 52.2 Å². The van der Waals surface area contributed by atoms with E-state index in [9.17, 15) is 18.4 Å². The van der Waals surface area contributed by atoms with E-state index in [4.69, 9.17) is 0 Å². The van der Waals surface area contributed by atoms with Gasteiger partial charge in [-0.25, -0.2) is 13.9 Å². The normalized spacial score (nSPS) is 15.1. The number of hydrogen-bond donors (Lipinski definition) is 3. The number of amides is 1. The molecule has 0 bridgehead atoms. The number of H-pyrrole nitrogens is 1. The number of benzene rings is 2. The summed E-state index contributed by atoms with van der Waals surface area (Å²) >= 11 is 1.44. The number of hydrogen-bond acceptors (Lipinski definition) is 6. The zero-order chi connectivity index (χ0) is 30.3. The lowest BCUT2D eigenvalue weighted by molar-refractivity contribution is -0.0457. The highest BCUT2D eigenvalue weighted by molar-refractivity contribution is 7.20. The van der Waals surface area contributed by atoms with E-state index < -0.39 is 11.5 Å². The van der Waals surface area contributed by atoms with Gasteiger partial charge in [-0.3, -0.25) is 14.3 Å². The number of alkyl halides is 2. The van der Waals surface area contributed by atoms with Crippen LogP contribution in [0.2, 0.25) is 0 Å². The van der Waals surface area contributed by atoms with Crippen molar-refractivity contribution in [2.75, 3.05) is 10.6 Å². The molecule has 0 unspecified atom stereocenters. The summed E-state index contributed by atoms with van der Waals surface area (Å²) in [6, 6.07) is 17.1. The van der Waals surface area contributed by atoms with Crippen LogP contribution in [-0.4, -0.2) is 31.8 Å². The summed E-state index contributed by atoms with van der Waals surface area (Å²) in [5.74, 6) is -2.08. The number of rotatable bonds is 7. The third-order valence-corrected chi connectivity index (χ3v) is 9.33. The van der Waals surface area contributed by atoms with Crippen molar-refractivity contribution in [3.8, 4) is 11.3 Å². The molecule has 0 spiro atoms. The van der Waals surface area contributed by atoms with Gasteiger partial charge in [-0.15, -0.1) is 11.3 Å². The molecule has 1 amide bonds. The maximum atomic E-state index is 13.6. The van der Waals surface area contributed by atoms with Crippen molar-refractivity contribution in [3.05, 3.63) is 86.6 Å². The molecular formula is C32H32F2N6O2S. The monoisotopic (exact) mass is 602 g/mol. The highest BCUT2D eigenvalue weighted by atomic mass is 32.1. The molecule has 3 aromatic heterocycles. The summed E-state index contributed by atoms with van der Waals surface area (Å²) in [5, 5.41) is 18.6. The van der Waals surface area contributed by atoms with Gasteiger partial charge in [0.25, 0.3) is 11.5 Å². The fourth-order valence-electron chi connectivity index (χ4n) is 5.72. The molecule has 43 heavy (non-hydrogen) atoms. The fraction of sp³-hybridized carbons (Fsp3) is 0.312. The van der Waals surface area contributed by atoms with Crippen LogP contribution in [0.4, 0.5) is 26.0 Å². The summed E-state index contributed by atoms with van der Waals surface area (Å²) in [7, 11) is 1.81. The average molecular weight is 603 g/mol. The Bertz CT molecular complexity index is 1850. The lowest BCUT2D eigenvalue weighted by Crippen LogP contribution is -2.25. The first-order valence-electron chi connectivity index (χ1n) is 14.2. The molecule has 0 atom stereocenters. The molecule has 1 aliphatic carbocycles. The molecule has 11 heteroatoms. The summed E-state index contributed by atoms with van der Waals surface area (Å²) in [5.41, 5.74) is 4.47. The Balaban J connectivity index is 1.22. The van der Waals surface area contributed by atoms with Crippen molar-refractivity contribution in [2.45, 2.75) is 51.9 Å². The topological polar surface area (TPSA) is 105 Å². The number of aryl methyl sites for hydroxylation is 2. The molecule has 0 radical (unpaired) electrons. The van der Waals surface area contributed by atoms with Crippen LogP contribution < -0.4 is 16.2 Å². The molecule has 1 saturated carbocycles. The van der Waals surface area contributed by atoms with Gasteiger partial charge in [0, 0.05) is 47.6 Å². The highest BCUT2D eigenvalue weighted by Crippen LogP contribution is 2.38. The first-order valence-corrected chi connectivity index (χ1v) is 15.1. The molecule has 6 rings (SSSR count). The van der Waals surface area contributed by atoms with Crippen LogP contribution in [-0.2, 0) is 13.5 Å².